The van der Waals surface area contributed by atoms with Crippen LogP contribution in [-0.4, -0.2) is 11.1 Å². The van der Waals surface area contributed by atoms with Gasteiger partial charge in [0.1, 0.15) is 0 Å². The summed E-state index contributed by atoms with van der Waals surface area (Å²) in [6.45, 7) is 0. The maximum atomic E-state index is 4.01. The summed E-state index contributed by atoms with van der Waals surface area (Å²) in [7, 11) is 0. The molecule has 2 nitrogen and oxygen atoms in total. The van der Waals surface area contributed by atoms with E-state index in [1.54, 1.807) is 6.20 Å². The molecule has 0 aromatic rings. The van der Waals surface area contributed by atoms with Crippen molar-refractivity contribution in [2.45, 2.75) is 6.42 Å². The lowest BCUT2D eigenvalue weighted by Crippen LogP contribution is -2.14. The second-order valence-electron chi connectivity index (χ2n) is 2.23. The summed E-state index contributed by atoms with van der Waals surface area (Å²) in [5.74, 6) is 0. The molecule has 0 atom stereocenters. The lowest BCUT2D eigenvalue weighted by atomic mass is 10.2. The Morgan fingerprint density at radius 1 is 1.40 bits per heavy atom. The molecule has 2 heteroatoms. The molecule has 0 aromatic carbocycles. The third-order valence-corrected chi connectivity index (χ3v) is 1.55. The quantitative estimate of drug-likeness (QED) is 0.489. The van der Waals surface area contributed by atoms with Crippen molar-refractivity contribution < 1.29 is 0 Å². The minimum absolute atomic E-state index is 1.02. The van der Waals surface area contributed by atoms with Gasteiger partial charge in [-0.25, -0.2) is 0 Å². The summed E-state index contributed by atoms with van der Waals surface area (Å²) in [5, 5.41) is 0. The Hall–Kier alpha value is -1.31. The molecule has 0 saturated heterocycles. The van der Waals surface area contributed by atoms with E-state index < -0.39 is 0 Å². The van der Waals surface area contributed by atoms with Gasteiger partial charge < -0.3 is 4.90 Å². The van der Waals surface area contributed by atoms with E-state index in [4.69, 9.17) is 0 Å². The number of hydrogen-bond acceptors (Lipinski definition) is 2. The fourth-order valence-corrected chi connectivity index (χ4v) is 1.04. The van der Waals surface area contributed by atoms with E-state index in [0.29, 0.717) is 0 Å². The molecule has 2 aliphatic heterocycles. The van der Waals surface area contributed by atoms with Crippen LogP contribution < -0.4 is 0 Å². The van der Waals surface area contributed by atoms with Crippen molar-refractivity contribution in [1.29, 1.82) is 0 Å². The van der Waals surface area contributed by atoms with Crippen molar-refractivity contribution in [3.63, 3.8) is 0 Å². The first kappa shape index (κ1) is 5.47. The molecule has 0 fully saturated rings. The standard InChI is InChI=1S/C8H8N2/c1-2-5-10-6-4-9-7-8(10)3-1/h2-7H,1H2. The highest BCUT2D eigenvalue weighted by Crippen LogP contribution is 2.13. The zero-order chi connectivity index (χ0) is 6.81. The van der Waals surface area contributed by atoms with Crippen LogP contribution in [0.4, 0.5) is 0 Å². The van der Waals surface area contributed by atoms with E-state index in [0.717, 1.165) is 6.42 Å². The lowest BCUT2D eigenvalue weighted by molar-refractivity contribution is 0.641. The van der Waals surface area contributed by atoms with Crippen molar-refractivity contribution in [3.05, 3.63) is 36.4 Å². The van der Waals surface area contributed by atoms with Gasteiger partial charge in [-0.05, 0) is 6.42 Å². The second-order valence-corrected chi connectivity index (χ2v) is 2.23. The molecule has 0 aromatic heterocycles. The highest BCUT2D eigenvalue weighted by atomic mass is 15.1. The van der Waals surface area contributed by atoms with E-state index in [1.807, 2.05) is 12.4 Å². The van der Waals surface area contributed by atoms with Crippen molar-refractivity contribution in [2.75, 3.05) is 0 Å². The average molecular weight is 132 g/mol. The van der Waals surface area contributed by atoms with E-state index in [1.165, 1.54) is 5.70 Å². The average Bonchev–Trinajstić information content (AvgIpc) is 2.05. The SMILES string of the molecule is C1=CN2C=CN=CC2=CC1. The van der Waals surface area contributed by atoms with Crippen LogP contribution in [0.5, 0.6) is 0 Å². The summed E-state index contributed by atoms with van der Waals surface area (Å²) < 4.78 is 0. The Morgan fingerprint density at radius 2 is 2.40 bits per heavy atom. The van der Waals surface area contributed by atoms with Crippen LogP contribution in [-0.2, 0) is 0 Å². The van der Waals surface area contributed by atoms with Crippen LogP contribution in [0, 0.1) is 0 Å². The first-order valence-electron chi connectivity index (χ1n) is 3.32. The number of fused-ring (bicyclic) bond motifs is 1. The molecule has 0 spiro atoms. The van der Waals surface area contributed by atoms with Gasteiger partial charge in [0.25, 0.3) is 0 Å². The summed E-state index contributed by atoms with van der Waals surface area (Å²) in [5.41, 5.74) is 1.17. The Kier molecular flexibility index (Phi) is 1.17. The molecule has 0 aliphatic carbocycles. The third-order valence-electron chi connectivity index (χ3n) is 1.55. The maximum absolute atomic E-state index is 4.01. The molecule has 50 valence electrons. The molecule has 0 unspecified atom stereocenters. The molecule has 0 saturated carbocycles. The van der Waals surface area contributed by atoms with Gasteiger partial charge in [0, 0.05) is 18.6 Å². The van der Waals surface area contributed by atoms with Crippen LogP contribution >= 0.6 is 0 Å². The van der Waals surface area contributed by atoms with Gasteiger partial charge in [-0.2, -0.15) is 0 Å². The highest BCUT2D eigenvalue weighted by Gasteiger charge is 2.05. The van der Waals surface area contributed by atoms with Gasteiger partial charge in [0.05, 0.1) is 11.9 Å². The molecule has 10 heavy (non-hydrogen) atoms. The van der Waals surface area contributed by atoms with Crippen LogP contribution in [0.15, 0.2) is 41.4 Å². The molecule has 0 N–H and O–H groups in total. The normalized spacial score (nSPS) is 20.8. The minimum Gasteiger partial charge on any atom is -0.321 e. The van der Waals surface area contributed by atoms with Crippen LogP contribution in [0.1, 0.15) is 6.42 Å². The van der Waals surface area contributed by atoms with Crippen molar-refractivity contribution in [1.82, 2.24) is 4.90 Å². The first-order chi connectivity index (χ1) is 4.97. The van der Waals surface area contributed by atoms with Crippen molar-refractivity contribution >= 4 is 6.21 Å². The summed E-state index contributed by atoms with van der Waals surface area (Å²) in [4.78, 5) is 6.06. The smallest absolute Gasteiger partial charge is 0.0596 e. The topological polar surface area (TPSA) is 15.6 Å². The molecule has 2 rings (SSSR count). The van der Waals surface area contributed by atoms with Crippen molar-refractivity contribution in [3.8, 4) is 0 Å². The molecular formula is C8H8N2. The van der Waals surface area contributed by atoms with Gasteiger partial charge in [0.2, 0.25) is 0 Å². The third kappa shape index (κ3) is 0.778. The first-order valence-corrected chi connectivity index (χ1v) is 3.32. The molecule has 2 heterocycles. The van der Waals surface area contributed by atoms with Crippen LogP contribution in [0.2, 0.25) is 0 Å². The number of nitrogens with zero attached hydrogens (tertiary/aromatic N) is 2. The van der Waals surface area contributed by atoms with Gasteiger partial charge in [-0.15, -0.1) is 0 Å². The molecular weight excluding hydrogens is 124 g/mol. The largest absolute Gasteiger partial charge is 0.321 e. The predicted octanol–water partition coefficient (Wildman–Crippen LogP) is 1.65. The number of aliphatic imine (C=N–C) groups is 1. The zero-order valence-corrected chi connectivity index (χ0v) is 5.57. The van der Waals surface area contributed by atoms with Crippen LogP contribution in [0.25, 0.3) is 0 Å². The van der Waals surface area contributed by atoms with Crippen LogP contribution in [0.3, 0.4) is 0 Å². The monoisotopic (exact) mass is 132 g/mol. The van der Waals surface area contributed by atoms with Crippen molar-refractivity contribution in [2.24, 2.45) is 4.99 Å². The van der Waals surface area contributed by atoms with Gasteiger partial charge in [-0.1, -0.05) is 12.2 Å². The number of rotatable bonds is 0. The summed E-state index contributed by atoms with van der Waals surface area (Å²) in [6.07, 6.45) is 12.9. The van der Waals surface area contributed by atoms with E-state index in [2.05, 4.69) is 28.2 Å². The Balaban J connectivity index is 2.33. The minimum atomic E-state index is 1.02. The fraction of sp³-hybridized carbons (Fsp3) is 0.125. The Morgan fingerprint density at radius 3 is 3.30 bits per heavy atom. The molecule has 0 bridgehead atoms. The molecule has 2 aliphatic rings. The second kappa shape index (κ2) is 2.14. The molecule has 0 amide bonds. The highest BCUT2D eigenvalue weighted by molar-refractivity contribution is 5.80. The summed E-state index contributed by atoms with van der Waals surface area (Å²) >= 11 is 0. The van der Waals surface area contributed by atoms with E-state index >= 15 is 0 Å². The number of allylic oxidation sites excluding steroid dienone is 3. The maximum Gasteiger partial charge on any atom is 0.0596 e. The van der Waals surface area contributed by atoms with Gasteiger partial charge in [-0.3, -0.25) is 4.99 Å². The fourth-order valence-electron chi connectivity index (χ4n) is 1.04. The summed E-state index contributed by atoms with van der Waals surface area (Å²) in [6, 6.07) is 0. The lowest BCUT2D eigenvalue weighted by Gasteiger charge is -2.20. The van der Waals surface area contributed by atoms with E-state index in [9.17, 15) is 0 Å². The molecule has 0 radical (unpaired) electrons. The van der Waals surface area contributed by atoms with Gasteiger partial charge >= 0.3 is 0 Å². The zero-order valence-electron chi connectivity index (χ0n) is 5.57. The van der Waals surface area contributed by atoms with Gasteiger partial charge in [0.15, 0.2) is 0 Å². The predicted molar refractivity (Wildman–Crippen MR) is 41.3 cm³/mol. The Labute approximate surface area is 59.9 Å². The number of hydrogen-bond donors (Lipinski definition) is 0. The van der Waals surface area contributed by atoms with E-state index in [-0.39, 0.29) is 0 Å². The Bertz CT molecular complexity index is 246.